The Morgan fingerprint density at radius 3 is 2.21 bits per heavy atom. The van der Waals surface area contributed by atoms with Gasteiger partial charge >= 0.3 is 0 Å². The minimum Gasteiger partial charge on any atom is -0.378 e. The molecule has 0 radical (unpaired) electrons. The highest BCUT2D eigenvalue weighted by Gasteiger charge is 2.06. The molecule has 74 valence electrons. The fourth-order valence-electron chi connectivity index (χ4n) is 1.03. The molecular weight excluding hydrogens is 180 g/mol. The van der Waals surface area contributed by atoms with Crippen molar-refractivity contribution in [2.75, 3.05) is 14.1 Å². The number of nitro groups is 1. The van der Waals surface area contributed by atoms with Gasteiger partial charge in [-0.05, 0) is 17.7 Å². The van der Waals surface area contributed by atoms with Gasteiger partial charge in [0.15, 0.2) is 0 Å². The highest BCUT2D eigenvalue weighted by atomic mass is 16.6. The van der Waals surface area contributed by atoms with Gasteiger partial charge in [-0.1, -0.05) is 6.58 Å². The van der Waals surface area contributed by atoms with Crippen LogP contribution in [0.5, 0.6) is 0 Å². The monoisotopic (exact) mass is 192 g/mol. The summed E-state index contributed by atoms with van der Waals surface area (Å²) in [4.78, 5) is 11.8. The van der Waals surface area contributed by atoms with Gasteiger partial charge in [0.1, 0.15) is 0 Å². The fourth-order valence-corrected chi connectivity index (χ4v) is 1.03. The van der Waals surface area contributed by atoms with Gasteiger partial charge in [-0.25, -0.2) is 0 Å². The van der Waals surface area contributed by atoms with Crippen molar-refractivity contribution in [3.05, 3.63) is 46.5 Å². The first-order valence-corrected chi connectivity index (χ1v) is 4.13. The van der Waals surface area contributed by atoms with Gasteiger partial charge in [-0.2, -0.15) is 0 Å². The van der Waals surface area contributed by atoms with E-state index in [-0.39, 0.29) is 5.69 Å². The number of rotatable bonds is 3. The minimum atomic E-state index is -0.414. The molecule has 0 aliphatic rings. The third-order valence-corrected chi connectivity index (χ3v) is 1.95. The van der Waals surface area contributed by atoms with E-state index in [1.807, 2.05) is 19.0 Å². The molecular formula is C10H12N2O2. The van der Waals surface area contributed by atoms with E-state index in [1.54, 1.807) is 12.1 Å². The molecule has 0 saturated carbocycles. The number of benzene rings is 1. The Morgan fingerprint density at radius 2 is 1.86 bits per heavy atom. The summed E-state index contributed by atoms with van der Waals surface area (Å²) in [5.41, 5.74) is 1.82. The normalized spacial score (nSPS) is 9.57. The molecule has 0 fully saturated rings. The molecule has 0 spiro atoms. The molecule has 0 heterocycles. The van der Waals surface area contributed by atoms with Gasteiger partial charge in [-0.3, -0.25) is 10.1 Å². The van der Waals surface area contributed by atoms with Gasteiger partial charge in [-0.15, -0.1) is 0 Å². The van der Waals surface area contributed by atoms with Crippen molar-refractivity contribution in [2.24, 2.45) is 0 Å². The molecule has 1 aromatic rings. The zero-order chi connectivity index (χ0) is 10.7. The number of nitrogens with zero attached hydrogens (tertiary/aromatic N) is 2. The predicted octanol–water partition coefficient (Wildman–Crippen LogP) is 2.13. The molecule has 0 atom stereocenters. The quantitative estimate of drug-likeness (QED) is 0.544. The summed E-state index contributed by atoms with van der Waals surface area (Å²) >= 11 is 0. The van der Waals surface area contributed by atoms with Gasteiger partial charge in [0.05, 0.1) is 4.92 Å². The van der Waals surface area contributed by atoms with E-state index >= 15 is 0 Å². The molecule has 1 rings (SSSR count). The lowest BCUT2D eigenvalue weighted by Gasteiger charge is -2.15. The standard InChI is InChI=1S/C10H12N2O2/c1-8(11(2)3)9-4-6-10(7-5-9)12(13)14/h4-7H,1H2,2-3H3. The van der Waals surface area contributed by atoms with Gasteiger partial charge in [0.25, 0.3) is 5.69 Å². The van der Waals surface area contributed by atoms with E-state index < -0.39 is 4.92 Å². The highest BCUT2D eigenvalue weighted by Crippen LogP contribution is 2.18. The lowest BCUT2D eigenvalue weighted by atomic mass is 10.1. The van der Waals surface area contributed by atoms with Crippen LogP contribution in [-0.4, -0.2) is 23.9 Å². The van der Waals surface area contributed by atoms with Crippen molar-refractivity contribution in [2.45, 2.75) is 0 Å². The summed E-state index contributed by atoms with van der Waals surface area (Å²) in [5.74, 6) is 0. The molecule has 0 N–H and O–H groups in total. The molecule has 4 nitrogen and oxygen atoms in total. The first-order chi connectivity index (χ1) is 6.52. The van der Waals surface area contributed by atoms with Crippen LogP contribution in [-0.2, 0) is 0 Å². The second-order valence-corrected chi connectivity index (χ2v) is 3.15. The molecule has 0 aromatic heterocycles. The zero-order valence-corrected chi connectivity index (χ0v) is 8.23. The Kier molecular flexibility index (Phi) is 2.86. The van der Waals surface area contributed by atoms with Crippen molar-refractivity contribution in [3.8, 4) is 0 Å². The molecule has 0 amide bonds. The largest absolute Gasteiger partial charge is 0.378 e. The van der Waals surface area contributed by atoms with Crippen molar-refractivity contribution < 1.29 is 4.92 Å². The lowest BCUT2D eigenvalue weighted by molar-refractivity contribution is -0.384. The van der Waals surface area contributed by atoms with Crippen LogP contribution in [0.3, 0.4) is 0 Å². The summed E-state index contributed by atoms with van der Waals surface area (Å²) in [5, 5.41) is 10.4. The molecule has 1 aromatic carbocycles. The third-order valence-electron chi connectivity index (χ3n) is 1.95. The van der Waals surface area contributed by atoms with E-state index in [1.165, 1.54) is 12.1 Å². The highest BCUT2D eigenvalue weighted by molar-refractivity contribution is 5.62. The van der Waals surface area contributed by atoms with E-state index in [4.69, 9.17) is 0 Å². The van der Waals surface area contributed by atoms with E-state index in [0.29, 0.717) is 0 Å². The van der Waals surface area contributed by atoms with Gasteiger partial charge in [0.2, 0.25) is 0 Å². The lowest BCUT2D eigenvalue weighted by Crippen LogP contribution is -2.08. The smallest absolute Gasteiger partial charge is 0.269 e. The van der Waals surface area contributed by atoms with Crippen LogP contribution in [0.2, 0.25) is 0 Å². The van der Waals surface area contributed by atoms with E-state index in [9.17, 15) is 10.1 Å². The Labute approximate surface area is 82.6 Å². The van der Waals surface area contributed by atoms with Gasteiger partial charge < -0.3 is 4.90 Å². The number of hydrogen-bond acceptors (Lipinski definition) is 3. The summed E-state index contributed by atoms with van der Waals surface area (Å²) in [6.45, 7) is 3.86. The number of non-ortho nitro benzene ring substituents is 1. The zero-order valence-electron chi connectivity index (χ0n) is 8.23. The van der Waals surface area contributed by atoms with Gasteiger partial charge in [0, 0.05) is 31.9 Å². The van der Waals surface area contributed by atoms with E-state index in [2.05, 4.69) is 6.58 Å². The second-order valence-electron chi connectivity index (χ2n) is 3.15. The maximum Gasteiger partial charge on any atom is 0.269 e. The average molecular weight is 192 g/mol. The predicted molar refractivity (Wildman–Crippen MR) is 55.8 cm³/mol. The van der Waals surface area contributed by atoms with Crippen LogP contribution in [0.1, 0.15) is 5.56 Å². The molecule has 4 heteroatoms. The Hall–Kier alpha value is -1.84. The molecule has 0 aliphatic carbocycles. The maximum absolute atomic E-state index is 10.4. The number of hydrogen-bond donors (Lipinski definition) is 0. The second kappa shape index (κ2) is 3.91. The van der Waals surface area contributed by atoms with Crippen molar-refractivity contribution >= 4 is 11.4 Å². The maximum atomic E-state index is 10.4. The fraction of sp³-hybridized carbons (Fsp3) is 0.200. The van der Waals surface area contributed by atoms with Crippen LogP contribution < -0.4 is 0 Å². The van der Waals surface area contributed by atoms with Crippen LogP contribution >= 0.6 is 0 Å². The van der Waals surface area contributed by atoms with Crippen molar-refractivity contribution in [1.82, 2.24) is 4.90 Å². The third kappa shape index (κ3) is 2.10. The molecule has 0 unspecified atom stereocenters. The van der Waals surface area contributed by atoms with E-state index in [0.717, 1.165) is 11.3 Å². The summed E-state index contributed by atoms with van der Waals surface area (Å²) in [6, 6.07) is 6.34. The van der Waals surface area contributed by atoms with Crippen molar-refractivity contribution in [3.63, 3.8) is 0 Å². The van der Waals surface area contributed by atoms with Crippen LogP contribution in [0.4, 0.5) is 5.69 Å². The Balaban J connectivity index is 2.94. The Bertz CT molecular complexity index is 355. The molecule has 0 saturated heterocycles. The first-order valence-electron chi connectivity index (χ1n) is 4.13. The first kappa shape index (κ1) is 10.2. The van der Waals surface area contributed by atoms with Crippen molar-refractivity contribution in [1.29, 1.82) is 0 Å². The summed E-state index contributed by atoms with van der Waals surface area (Å²) in [6.07, 6.45) is 0. The number of nitro benzene ring substituents is 1. The molecule has 0 bridgehead atoms. The minimum absolute atomic E-state index is 0.0975. The average Bonchev–Trinajstić information content (AvgIpc) is 2.16. The van der Waals surface area contributed by atoms with Crippen LogP contribution in [0, 0.1) is 10.1 Å². The molecule has 14 heavy (non-hydrogen) atoms. The van der Waals surface area contributed by atoms with Crippen LogP contribution in [0.15, 0.2) is 30.8 Å². The Morgan fingerprint density at radius 1 is 1.36 bits per heavy atom. The summed E-state index contributed by atoms with van der Waals surface area (Å²) in [7, 11) is 3.76. The SMILES string of the molecule is C=C(c1ccc([N+](=O)[O-])cc1)N(C)C. The summed E-state index contributed by atoms with van der Waals surface area (Å²) < 4.78 is 0. The molecule has 0 aliphatic heterocycles. The topological polar surface area (TPSA) is 46.4 Å². The van der Waals surface area contributed by atoms with Crippen LogP contribution in [0.25, 0.3) is 5.70 Å².